The molecule has 2 aromatic rings. The molecule has 0 radical (unpaired) electrons. The molecule has 1 N–H and O–H groups in total. The molecule has 0 spiro atoms. The van der Waals surface area contributed by atoms with Crippen LogP contribution >= 0.6 is 12.2 Å². The highest BCUT2D eigenvalue weighted by molar-refractivity contribution is 7.71. The lowest BCUT2D eigenvalue weighted by Gasteiger charge is -2.04. The first-order valence-electron chi connectivity index (χ1n) is 5.33. The van der Waals surface area contributed by atoms with E-state index in [0.29, 0.717) is 4.77 Å². The summed E-state index contributed by atoms with van der Waals surface area (Å²) in [5.41, 5.74) is 2.70. The molecule has 1 heterocycles. The van der Waals surface area contributed by atoms with Crippen LogP contribution in [0.15, 0.2) is 24.3 Å². The minimum Gasteiger partial charge on any atom is -0.307 e. The summed E-state index contributed by atoms with van der Waals surface area (Å²) in [6.07, 6.45) is 1.91. The standard InChI is InChI=1S/C12H15N3S/c1-9-5-3-4-6-10(9)7-8-11-13-14-12(16)15(11)2/h3-6H,7-8H2,1-2H3,(H,14,16). The fourth-order valence-electron chi connectivity index (χ4n) is 1.74. The maximum atomic E-state index is 5.08. The van der Waals surface area contributed by atoms with Crippen LogP contribution in [0.5, 0.6) is 0 Å². The lowest BCUT2D eigenvalue weighted by atomic mass is 10.0. The Morgan fingerprint density at radius 1 is 1.31 bits per heavy atom. The Bertz CT molecular complexity index is 539. The van der Waals surface area contributed by atoms with Gasteiger partial charge in [-0.2, -0.15) is 5.10 Å². The van der Waals surface area contributed by atoms with E-state index in [4.69, 9.17) is 12.2 Å². The van der Waals surface area contributed by atoms with Crippen LogP contribution in [-0.2, 0) is 19.9 Å². The van der Waals surface area contributed by atoms with Crippen LogP contribution in [0.3, 0.4) is 0 Å². The van der Waals surface area contributed by atoms with Crippen molar-refractivity contribution in [3.05, 3.63) is 46.0 Å². The van der Waals surface area contributed by atoms with E-state index < -0.39 is 0 Å². The highest BCUT2D eigenvalue weighted by atomic mass is 32.1. The van der Waals surface area contributed by atoms with Gasteiger partial charge in [-0.3, -0.25) is 5.10 Å². The van der Waals surface area contributed by atoms with Crippen molar-refractivity contribution in [2.75, 3.05) is 0 Å². The summed E-state index contributed by atoms with van der Waals surface area (Å²) in [4.78, 5) is 0. The monoisotopic (exact) mass is 233 g/mol. The van der Waals surface area contributed by atoms with Crippen LogP contribution in [0.4, 0.5) is 0 Å². The molecular weight excluding hydrogens is 218 g/mol. The molecule has 0 aliphatic rings. The molecule has 0 saturated carbocycles. The number of nitrogens with one attached hydrogen (secondary N) is 1. The van der Waals surface area contributed by atoms with E-state index in [-0.39, 0.29) is 0 Å². The molecule has 0 amide bonds. The van der Waals surface area contributed by atoms with Crippen molar-refractivity contribution >= 4 is 12.2 Å². The van der Waals surface area contributed by atoms with Gasteiger partial charge >= 0.3 is 0 Å². The topological polar surface area (TPSA) is 33.6 Å². The Labute approximate surface area is 100 Å². The number of hydrogen-bond donors (Lipinski definition) is 1. The number of nitrogens with zero attached hydrogens (tertiary/aromatic N) is 2. The molecule has 3 nitrogen and oxygen atoms in total. The first-order chi connectivity index (χ1) is 7.68. The van der Waals surface area contributed by atoms with E-state index in [1.807, 2.05) is 11.6 Å². The SMILES string of the molecule is Cc1ccccc1CCc1n[nH]c(=S)n1C. The van der Waals surface area contributed by atoms with Crippen molar-refractivity contribution in [3.8, 4) is 0 Å². The molecule has 1 aromatic carbocycles. The Hall–Kier alpha value is -1.42. The normalized spacial score (nSPS) is 10.6. The van der Waals surface area contributed by atoms with Gasteiger partial charge in [-0.05, 0) is 36.7 Å². The average molecular weight is 233 g/mol. The summed E-state index contributed by atoms with van der Waals surface area (Å²) in [6.45, 7) is 2.14. The van der Waals surface area contributed by atoms with Crippen LogP contribution in [0.25, 0.3) is 0 Å². The Balaban J connectivity index is 2.11. The molecule has 0 saturated heterocycles. The highest BCUT2D eigenvalue weighted by Gasteiger charge is 2.03. The first kappa shape index (κ1) is 11.1. The largest absolute Gasteiger partial charge is 0.307 e. The predicted octanol–water partition coefficient (Wildman–Crippen LogP) is 2.57. The zero-order valence-corrected chi connectivity index (χ0v) is 10.3. The smallest absolute Gasteiger partial charge is 0.194 e. The van der Waals surface area contributed by atoms with Crippen molar-refractivity contribution in [3.63, 3.8) is 0 Å². The van der Waals surface area contributed by atoms with Crippen molar-refractivity contribution < 1.29 is 0 Å². The number of benzene rings is 1. The maximum Gasteiger partial charge on any atom is 0.194 e. The quantitative estimate of drug-likeness (QED) is 0.827. The van der Waals surface area contributed by atoms with E-state index in [1.54, 1.807) is 0 Å². The molecule has 0 bridgehead atoms. The highest BCUT2D eigenvalue weighted by Crippen LogP contribution is 2.10. The number of H-pyrrole nitrogens is 1. The summed E-state index contributed by atoms with van der Waals surface area (Å²) in [5.74, 6) is 1.01. The second kappa shape index (κ2) is 4.61. The third-order valence-corrected chi connectivity index (χ3v) is 3.22. The molecule has 4 heteroatoms. The van der Waals surface area contributed by atoms with Crippen molar-refractivity contribution in [2.45, 2.75) is 19.8 Å². The molecule has 2 rings (SSSR count). The molecule has 0 fully saturated rings. The van der Waals surface area contributed by atoms with Gasteiger partial charge < -0.3 is 4.57 Å². The van der Waals surface area contributed by atoms with Crippen LogP contribution < -0.4 is 0 Å². The third kappa shape index (κ3) is 2.22. The average Bonchev–Trinajstić information content (AvgIpc) is 2.59. The van der Waals surface area contributed by atoms with Crippen molar-refractivity contribution in [1.82, 2.24) is 14.8 Å². The van der Waals surface area contributed by atoms with Crippen LogP contribution in [0.1, 0.15) is 17.0 Å². The molecule has 0 aliphatic carbocycles. The minimum absolute atomic E-state index is 0.680. The fraction of sp³-hybridized carbons (Fsp3) is 0.333. The second-order valence-electron chi connectivity index (χ2n) is 3.93. The van der Waals surface area contributed by atoms with Gasteiger partial charge in [0.1, 0.15) is 5.82 Å². The number of aromatic nitrogens is 3. The van der Waals surface area contributed by atoms with Gasteiger partial charge in [-0.25, -0.2) is 0 Å². The Morgan fingerprint density at radius 3 is 2.69 bits per heavy atom. The Kier molecular flexibility index (Phi) is 3.19. The van der Waals surface area contributed by atoms with E-state index in [0.717, 1.165) is 18.7 Å². The van der Waals surface area contributed by atoms with E-state index >= 15 is 0 Å². The van der Waals surface area contributed by atoms with Gasteiger partial charge in [0.2, 0.25) is 0 Å². The predicted molar refractivity (Wildman–Crippen MR) is 67.0 cm³/mol. The van der Waals surface area contributed by atoms with Gasteiger partial charge in [-0.1, -0.05) is 24.3 Å². The third-order valence-electron chi connectivity index (χ3n) is 2.85. The van der Waals surface area contributed by atoms with Gasteiger partial charge in [0.25, 0.3) is 0 Å². The molecule has 16 heavy (non-hydrogen) atoms. The van der Waals surface area contributed by atoms with E-state index in [2.05, 4.69) is 41.4 Å². The summed E-state index contributed by atoms with van der Waals surface area (Å²) >= 11 is 5.08. The first-order valence-corrected chi connectivity index (χ1v) is 5.74. The lowest BCUT2D eigenvalue weighted by molar-refractivity contribution is 0.763. The summed E-state index contributed by atoms with van der Waals surface area (Å²) in [6, 6.07) is 8.44. The van der Waals surface area contributed by atoms with Gasteiger partial charge in [-0.15, -0.1) is 0 Å². The lowest BCUT2D eigenvalue weighted by Crippen LogP contribution is -2.01. The zero-order chi connectivity index (χ0) is 11.5. The number of aryl methyl sites for hydroxylation is 3. The van der Waals surface area contributed by atoms with Crippen molar-refractivity contribution in [1.29, 1.82) is 0 Å². The molecule has 0 atom stereocenters. The van der Waals surface area contributed by atoms with Gasteiger partial charge in [0.05, 0.1) is 0 Å². The second-order valence-corrected chi connectivity index (χ2v) is 4.32. The Morgan fingerprint density at radius 2 is 2.06 bits per heavy atom. The molecule has 1 aromatic heterocycles. The number of aromatic amines is 1. The van der Waals surface area contributed by atoms with Crippen LogP contribution in [0.2, 0.25) is 0 Å². The van der Waals surface area contributed by atoms with Gasteiger partial charge in [0.15, 0.2) is 4.77 Å². The number of hydrogen-bond acceptors (Lipinski definition) is 2. The summed E-state index contributed by atoms with van der Waals surface area (Å²) in [5, 5.41) is 7.01. The van der Waals surface area contributed by atoms with Crippen molar-refractivity contribution in [2.24, 2.45) is 7.05 Å². The fourth-order valence-corrected chi connectivity index (χ4v) is 1.89. The van der Waals surface area contributed by atoms with Crippen LogP contribution in [-0.4, -0.2) is 14.8 Å². The minimum atomic E-state index is 0.680. The van der Waals surface area contributed by atoms with E-state index in [9.17, 15) is 0 Å². The van der Waals surface area contributed by atoms with Crippen LogP contribution in [0, 0.1) is 11.7 Å². The maximum absolute atomic E-state index is 5.08. The van der Waals surface area contributed by atoms with E-state index in [1.165, 1.54) is 11.1 Å². The molecule has 0 aliphatic heterocycles. The number of rotatable bonds is 3. The molecular formula is C12H15N3S. The zero-order valence-electron chi connectivity index (χ0n) is 9.53. The molecule has 84 valence electrons. The molecule has 0 unspecified atom stereocenters. The summed E-state index contributed by atoms with van der Waals surface area (Å²) in [7, 11) is 1.94. The summed E-state index contributed by atoms with van der Waals surface area (Å²) < 4.78 is 2.60. The van der Waals surface area contributed by atoms with Gasteiger partial charge in [0, 0.05) is 13.5 Å².